The molecule has 1 saturated carbocycles. The number of benzene rings is 1. The van der Waals surface area contributed by atoms with Crippen LogP contribution in [0.4, 0.5) is 8.78 Å². The molecule has 0 atom stereocenters. The van der Waals surface area contributed by atoms with E-state index in [0.29, 0.717) is 5.02 Å². The zero-order valence-corrected chi connectivity index (χ0v) is 9.95. The summed E-state index contributed by atoms with van der Waals surface area (Å²) in [5, 5.41) is 3.17. The van der Waals surface area contributed by atoms with E-state index in [9.17, 15) is 8.78 Å². The predicted molar refractivity (Wildman–Crippen MR) is 61.4 cm³/mol. The Hall–Kier alpha value is -0.380. The van der Waals surface area contributed by atoms with E-state index in [2.05, 4.69) is 5.32 Å². The summed E-state index contributed by atoms with van der Waals surface area (Å²) >= 11 is 11.4. The fourth-order valence-electron chi connectivity index (χ4n) is 1.44. The van der Waals surface area contributed by atoms with Crippen molar-refractivity contribution in [2.45, 2.75) is 24.8 Å². The SMILES string of the molecule is FC(F)(CNC1CC1)c1ccc(Cl)cc1Cl. The van der Waals surface area contributed by atoms with Gasteiger partial charge in [-0.1, -0.05) is 29.3 Å². The van der Waals surface area contributed by atoms with E-state index in [4.69, 9.17) is 23.2 Å². The maximum absolute atomic E-state index is 13.7. The Balaban J connectivity index is 2.12. The number of rotatable bonds is 4. The van der Waals surface area contributed by atoms with Crippen LogP contribution in [-0.4, -0.2) is 12.6 Å². The van der Waals surface area contributed by atoms with Gasteiger partial charge in [0.2, 0.25) is 0 Å². The van der Waals surface area contributed by atoms with E-state index in [1.807, 2.05) is 0 Å². The Labute approximate surface area is 103 Å². The Kier molecular flexibility index (Phi) is 3.38. The minimum atomic E-state index is -2.95. The Morgan fingerprint density at radius 2 is 2.00 bits per heavy atom. The molecular weight excluding hydrogens is 255 g/mol. The molecule has 0 amide bonds. The highest BCUT2D eigenvalue weighted by atomic mass is 35.5. The molecule has 5 heteroatoms. The summed E-state index contributed by atoms with van der Waals surface area (Å²) in [6.07, 6.45) is 1.95. The molecule has 0 unspecified atom stereocenters. The lowest BCUT2D eigenvalue weighted by atomic mass is 10.1. The van der Waals surface area contributed by atoms with Crippen molar-refractivity contribution in [1.82, 2.24) is 5.32 Å². The Morgan fingerprint density at radius 1 is 1.31 bits per heavy atom. The van der Waals surface area contributed by atoms with Gasteiger partial charge in [0.25, 0.3) is 5.92 Å². The molecular formula is C11H11Cl2F2N. The van der Waals surface area contributed by atoms with Crippen LogP contribution >= 0.6 is 23.2 Å². The second-order valence-electron chi connectivity index (χ2n) is 3.98. The fraction of sp³-hybridized carbons (Fsp3) is 0.455. The number of nitrogens with one attached hydrogen (secondary N) is 1. The molecule has 1 aromatic rings. The van der Waals surface area contributed by atoms with Crippen LogP contribution in [0.2, 0.25) is 10.0 Å². The smallest absolute Gasteiger partial charge is 0.286 e. The lowest BCUT2D eigenvalue weighted by Gasteiger charge is -2.18. The molecule has 1 N–H and O–H groups in total. The third kappa shape index (κ3) is 2.84. The molecule has 1 aliphatic rings. The van der Waals surface area contributed by atoms with E-state index in [1.54, 1.807) is 0 Å². The average molecular weight is 266 g/mol. The quantitative estimate of drug-likeness (QED) is 0.873. The van der Waals surface area contributed by atoms with E-state index < -0.39 is 5.92 Å². The summed E-state index contributed by atoms with van der Waals surface area (Å²) in [6, 6.07) is 4.29. The standard InChI is InChI=1S/C11H11Cl2F2N/c12-7-1-4-9(10(13)5-7)11(14,15)6-16-8-2-3-8/h1,4-5,8,16H,2-3,6H2. The van der Waals surface area contributed by atoms with Gasteiger partial charge in [0.1, 0.15) is 0 Å². The van der Waals surface area contributed by atoms with Gasteiger partial charge >= 0.3 is 0 Å². The van der Waals surface area contributed by atoms with E-state index in [0.717, 1.165) is 12.8 Å². The van der Waals surface area contributed by atoms with Crippen LogP contribution in [0.1, 0.15) is 18.4 Å². The molecule has 0 bridgehead atoms. The third-order valence-corrected chi connectivity index (χ3v) is 3.06. The molecule has 0 radical (unpaired) electrons. The molecule has 0 aliphatic heterocycles. The second-order valence-corrected chi connectivity index (χ2v) is 4.83. The van der Waals surface area contributed by atoms with Crippen LogP contribution in [0.15, 0.2) is 18.2 Å². The number of hydrogen-bond acceptors (Lipinski definition) is 1. The van der Waals surface area contributed by atoms with Crippen LogP contribution in [0.3, 0.4) is 0 Å². The first kappa shape index (κ1) is 12.1. The van der Waals surface area contributed by atoms with Crippen LogP contribution in [0, 0.1) is 0 Å². The monoisotopic (exact) mass is 265 g/mol. The van der Waals surface area contributed by atoms with Gasteiger partial charge < -0.3 is 5.32 Å². The van der Waals surface area contributed by atoms with Crippen molar-refractivity contribution in [2.24, 2.45) is 0 Å². The van der Waals surface area contributed by atoms with Gasteiger partial charge in [0, 0.05) is 16.6 Å². The molecule has 1 nitrogen and oxygen atoms in total. The summed E-state index contributed by atoms with van der Waals surface area (Å²) in [7, 11) is 0. The molecule has 0 heterocycles. The van der Waals surface area contributed by atoms with Crippen LogP contribution < -0.4 is 5.32 Å². The molecule has 1 aliphatic carbocycles. The van der Waals surface area contributed by atoms with Gasteiger partial charge in [-0.2, -0.15) is 8.78 Å². The number of halogens is 4. The van der Waals surface area contributed by atoms with Crippen molar-refractivity contribution in [1.29, 1.82) is 0 Å². The topological polar surface area (TPSA) is 12.0 Å². The lowest BCUT2D eigenvalue weighted by Crippen LogP contribution is -2.32. The van der Waals surface area contributed by atoms with Crippen molar-refractivity contribution >= 4 is 23.2 Å². The molecule has 1 fully saturated rings. The molecule has 0 aromatic heterocycles. The van der Waals surface area contributed by atoms with Crippen molar-refractivity contribution in [2.75, 3.05) is 6.54 Å². The summed E-state index contributed by atoms with van der Waals surface area (Å²) in [6.45, 7) is -0.376. The summed E-state index contributed by atoms with van der Waals surface area (Å²) in [5.74, 6) is -2.95. The zero-order valence-electron chi connectivity index (χ0n) is 8.44. The van der Waals surface area contributed by atoms with Crippen molar-refractivity contribution in [3.8, 4) is 0 Å². The van der Waals surface area contributed by atoms with E-state index in [1.165, 1.54) is 18.2 Å². The third-order valence-electron chi connectivity index (χ3n) is 2.52. The average Bonchev–Trinajstić information content (AvgIpc) is 2.97. The van der Waals surface area contributed by atoms with Crippen molar-refractivity contribution in [3.05, 3.63) is 33.8 Å². The summed E-state index contributed by atoms with van der Waals surface area (Å²) < 4.78 is 27.5. The van der Waals surface area contributed by atoms with Gasteiger partial charge in [-0.3, -0.25) is 0 Å². The Bertz CT molecular complexity index is 392. The van der Waals surface area contributed by atoms with Gasteiger partial charge in [0.05, 0.1) is 11.6 Å². The summed E-state index contributed by atoms with van der Waals surface area (Å²) in [4.78, 5) is 0. The van der Waals surface area contributed by atoms with Gasteiger partial charge in [-0.05, 0) is 25.0 Å². The first-order valence-electron chi connectivity index (χ1n) is 5.06. The fourth-order valence-corrected chi connectivity index (χ4v) is 1.99. The zero-order chi connectivity index (χ0) is 11.8. The maximum Gasteiger partial charge on any atom is 0.286 e. The normalized spacial score (nSPS) is 16.5. The second kappa shape index (κ2) is 4.47. The molecule has 16 heavy (non-hydrogen) atoms. The van der Waals surface area contributed by atoms with Crippen LogP contribution in [0.5, 0.6) is 0 Å². The van der Waals surface area contributed by atoms with E-state index in [-0.39, 0.29) is 23.2 Å². The molecule has 1 aromatic carbocycles. The van der Waals surface area contributed by atoms with Crippen molar-refractivity contribution in [3.63, 3.8) is 0 Å². The first-order valence-corrected chi connectivity index (χ1v) is 5.81. The molecule has 2 rings (SSSR count). The lowest BCUT2D eigenvalue weighted by molar-refractivity contribution is -0.00337. The minimum Gasteiger partial charge on any atom is -0.308 e. The highest BCUT2D eigenvalue weighted by Gasteiger charge is 2.35. The number of alkyl halides is 2. The van der Waals surface area contributed by atoms with Gasteiger partial charge in [0.15, 0.2) is 0 Å². The highest BCUT2D eigenvalue weighted by Crippen LogP contribution is 2.35. The highest BCUT2D eigenvalue weighted by molar-refractivity contribution is 6.35. The van der Waals surface area contributed by atoms with Crippen molar-refractivity contribution < 1.29 is 8.78 Å². The van der Waals surface area contributed by atoms with Gasteiger partial charge in [-0.15, -0.1) is 0 Å². The van der Waals surface area contributed by atoms with Crippen LogP contribution in [-0.2, 0) is 5.92 Å². The molecule has 0 spiro atoms. The predicted octanol–water partition coefficient (Wildman–Crippen LogP) is 3.84. The molecule has 88 valence electrons. The van der Waals surface area contributed by atoms with Gasteiger partial charge in [-0.25, -0.2) is 0 Å². The van der Waals surface area contributed by atoms with E-state index >= 15 is 0 Å². The van der Waals surface area contributed by atoms with Crippen LogP contribution in [0.25, 0.3) is 0 Å². The maximum atomic E-state index is 13.7. The summed E-state index contributed by atoms with van der Waals surface area (Å²) in [5.41, 5.74) is -0.174. The minimum absolute atomic E-state index is 0.00935. The molecule has 0 saturated heterocycles. The Morgan fingerprint density at radius 3 is 2.56 bits per heavy atom. The largest absolute Gasteiger partial charge is 0.308 e. The number of hydrogen-bond donors (Lipinski definition) is 1. The first-order chi connectivity index (χ1) is 7.49.